The molecule has 1 atom stereocenters. The summed E-state index contributed by atoms with van der Waals surface area (Å²) in [6.45, 7) is 10.3. The highest BCUT2D eigenvalue weighted by Crippen LogP contribution is 2.40. The summed E-state index contributed by atoms with van der Waals surface area (Å²) in [5.41, 5.74) is 1.84. The lowest BCUT2D eigenvalue weighted by Crippen LogP contribution is -2.39. The van der Waals surface area contributed by atoms with E-state index in [9.17, 15) is 0 Å². The van der Waals surface area contributed by atoms with Gasteiger partial charge in [0.1, 0.15) is 0 Å². The number of aryl methyl sites for hydroxylation is 1. The van der Waals surface area contributed by atoms with Gasteiger partial charge in [0.2, 0.25) is 0 Å². The third kappa shape index (κ3) is 4.32. The molecule has 0 aliphatic heterocycles. The summed E-state index contributed by atoms with van der Waals surface area (Å²) < 4.78 is 2.03. The summed E-state index contributed by atoms with van der Waals surface area (Å²) in [5.74, 6) is 1.72. The van der Waals surface area contributed by atoms with Crippen molar-refractivity contribution in [3.63, 3.8) is 0 Å². The maximum absolute atomic E-state index is 4.40. The van der Waals surface area contributed by atoms with Gasteiger partial charge in [-0.15, -0.1) is 0 Å². The van der Waals surface area contributed by atoms with Crippen LogP contribution in [0.4, 0.5) is 0 Å². The van der Waals surface area contributed by atoms with Crippen molar-refractivity contribution >= 4 is 0 Å². The number of nitrogens with one attached hydrogen (secondary N) is 1. The molecular formula is C18H33N3. The molecule has 0 bridgehead atoms. The van der Waals surface area contributed by atoms with Crippen molar-refractivity contribution in [1.82, 2.24) is 15.1 Å². The molecule has 1 aromatic heterocycles. The van der Waals surface area contributed by atoms with Crippen LogP contribution in [0.2, 0.25) is 0 Å². The van der Waals surface area contributed by atoms with Gasteiger partial charge in [-0.1, -0.05) is 20.8 Å². The second-order valence-electron chi connectivity index (χ2n) is 7.78. The predicted molar refractivity (Wildman–Crippen MR) is 89.4 cm³/mol. The zero-order chi connectivity index (χ0) is 15.5. The van der Waals surface area contributed by atoms with Crippen molar-refractivity contribution in [3.8, 4) is 0 Å². The van der Waals surface area contributed by atoms with Crippen LogP contribution >= 0.6 is 0 Å². The fourth-order valence-corrected chi connectivity index (χ4v) is 3.83. The molecule has 0 amide bonds. The van der Waals surface area contributed by atoms with Crippen LogP contribution < -0.4 is 5.32 Å². The van der Waals surface area contributed by atoms with E-state index in [1.807, 2.05) is 10.9 Å². The molecule has 1 N–H and O–H groups in total. The number of hydrogen-bond donors (Lipinski definition) is 1. The smallest absolute Gasteiger partial charge is 0.0522 e. The van der Waals surface area contributed by atoms with Crippen LogP contribution in [0.3, 0.4) is 0 Å². The Balaban J connectivity index is 1.90. The molecule has 3 heteroatoms. The molecule has 2 rings (SSSR count). The lowest BCUT2D eigenvalue weighted by molar-refractivity contribution is 0.134. The number of aromatic nitrogens is 2. The minimum atomic E-state index is 0.475. The van der Waals surface area contributed by atoms with E-state index in [0.717, 1.165) is 24.8 Å². The van der Waals surface area contributed by atoms with E-state index in [0.29, 0.717) is 11.5 Å². The maximum Gasteiger partial charge on any atom is 0.0522 e. The fourth-order valence-electron chi connectivity index (χ4n) is 3.83. The quantitative estimate of drug-likeness (QED) is 0.892. The topological polar surface area (TPSA) is 29.9 Å². The summed E-state index contributed by atoms with van der Waals surface area (Å²) in [6.07, 6.45) is 10.9. The van der Waals surface area contributed by atoms with Crippen molar-refractivity contribution in [3.05, 3.63) is 18.0 Å². The Labute approximate surface area is 130 Å². The number of nitrogens with zero attached hydrogens (tertiary/aromatic N) is 2. The zero-order valence-electron chi connectivity index (χ0n) is 14.5. The van der Waals surface area contributed by atoms with Crippen molar-refractivity contribution in [2.45, 2.75) is 72.4 Å². The first kappa shape index (κ1) is 16.5. The average Bonchev–Trinajstić information content (AvgIpc) is 2.92. The van der Waals surface area contributed by atoms with Crippen LogP contribution in [0, 0.1) is 17.3 Å². The fraction of sp³-hybridized carbons (Fsp3) is 0.833. The molecule has 1 aromatic rings. The Kier molecular flexibility index (Phi) is 5.48. The average molecular weight is 291 g/mol. The first-order valence-corrected chi connectivity index (χ1v) is 8.62. The van der Waals surface area contributed by atoms with E-state index in [-0.39, 0.29) is 0 Å². The highest BCUT2D eigenvalue weighted by molar-refractivity contribution is 5.07. The van der Waals surface area contributed by atoms with Gasteiger partial charge >= 0.3 is 0 Å². The van der Waals surface area contributed by atoms with Crippen LogP contribution in [0.5, 0.6) is 0 Å². The molecule has 0 spiro atoms. The third-order valence-corrected chi connectivity index (χ3v) is 5.40. The van der Waals surface area contributed by atoms with Gasteiger partial charge < -0.3 is 5.32 Å². The van der Waals surface area contributed by atoms with E-state index < -0.39 is 0 Å². The lowest BCUT2D eigenvalue weighted by Gasteiger charge is -2.39. The standard InChI is InChI=1S/C18H33N3/c1-6-21-13-14(12-20-21)11-17(19-5)15-7-9-16(10-8-15)18(2,3)4/h12-13,15-17,19H,6-11H2,1-5H3. The van der Waals surface area contributed by atoms with Crippen LogP contribution in [-0.4, -0.2) is 22.9 Å². The lowest BCUT2D eigenvalue weighted by atomic mass is 9.68. The van der Waals surface area contributed by atoms with Crippen molar-refractivity contribution < 1.29 is 0 Å². The number of hydrogen-bond acceptors (Lipinski definition) is 2. The van der Waals surface area contributed by atoms with Gasteiger partial charge in [0.05, 0.1) is 6.20 Å². The Morgan fingerprint density at radius 3 is 2.43 bits per heavy atom. The van der Waals surface area contributed by atoms with E-state index in [1.165, 1.54) is 31.2 Å². The number of rotatable bonds is 5. The zero-order valence-corrected chi connectivity index (χ0v) is 14.5. The molecule has 3 nitrogen and oxygen atoms in total. The highest BCUT2D eigenvalue weighted by atomic mass is 15.3. The van der Waals surface area contributed by atoms with E-state index >= 15 is 0 Å². The SMILES string of the molecule is CCn1cc(CC(NC)C2CCC(C(C)(C)C)CC2)cn1. The molecule has 1 unspecified atom stereocenters. The monoisotopic (exact) mass is 291 g/mol. The first-order chi connectivity index (χ1) is 9.94. The van der Waals surface area contributed by atoms with Gasteiger partial charge in [-0.25, -0.2) is 0 Å². The van der Waals surface area contributed by atoms with E-state index in [1.54, 1.807) is 0 Å². The van der Waals surface area contributed by atoms with Gasteiger partial charge in [0.25, 0.3) is 0 Å². The van der Waals surface area contributed by atoms with Crippen molar-refractivity contribution in [2.75, 3.05) is 7.05 Å². The second-order valence-corrected chi connectivity index (χ2v) is 7.78. The summed E-state index contributed by atoms with van der Waals surface area (Å²) >= 11 is 0. The van der Waals surface area contributed by atoms with Gasteiger partial charge in [-0.05, 0) is 68.9 Å². The van der Waals surface area contributed by atoms with Gasteiger partial charge in [-0.3, -0.25) is 4.68 Å². The Morgan fingerprint density at radius 1 is 1.29 bits per heavy atom. The highest BCUT2D eigenvalue weighted by Gasteiger charge is 2.32. The second kappa shape index (κ2) is 6.95. The Bertz CT molecular complexity index is 422. The summed E-state index contributed by atoms with van der Waals surface area (Å²) in [7, 11) is 2.12. The Hall–Kier alpha value is -0.830. The van der Waals surface area contributed by atoms with Crippen LogP contribution in [0.1, 0.15) is 58.9 Å². The molecule has 1 fully saturated rings. The third-order valence-electron chi connectivity index (χ3n) is 5.40. The van der Waals surface area contributed by atoms with Crippen LogP contribution in [-0.2, 0) is 13.0 Å². The molecular weight excluding hydrogens is 258 g/mol. The molecule has 1 saturated carbocycles. The molecule has 120 valence electrons. The first-order valence-electron chi connectivity index (χ1n) is 8.62. The predicted octanol–water partition coefficient (Wildman–Crippen LogP) is 3.89. The van der Waals surface area contributed by atoms with Crippen molar-refractivity contribution in [1.29, 1.82) is 0 Å². The minimum absolute atomic E-state index is 0.475. The largest absolute Gasteiger partial charge is 0.316 e. The van der Waals surface area contributed by atoms with Crippen LogP contribution in [0.15, 0.2) is 12.4 Å². The number of likely N-dealkylation sites (N-methyl/N-ethyl adjacent to an activating group) is 1. The van der Waals surface area contributed by atoms with E-state index in [4.69, 9.17) is 0 Å². The molecule has 0 radical (unpaired) electrons. The Morgan fingerprint density at radius 2 is 1.95 bits per heavy atom. The van der Waals surface area contributed by atoms with Crippen molar-refractivity contribution in [2.24, 2.45) is 17.3 Å². The maximum atomic E-state index is 4.40. The minimum Gasteiger partial charge on any atom is -0.316 e. The molecule has 1 aliphatic rings. The van der Waals surface area contributed by atoms with Crippen LogP contribution in [0.25, 0.3) is 0 Å². The van der Waals surface area contributed by atoms with Gasteiger partial charge in [0.15, 0.2) is 0 Å². The van der Waals surface area contributed by atoms with Gasteiger partial charge in [0, 0.05) is 18.8 Å². The van der Waals surface area contributed by atoms with Gasteiger partial charge in [-0.2, -0.15) is 5.10 Å². The molecule has 0 saturated heterocycles. The summed E-state index contributed by atoms with van der Waals surface area (Å²) in [5, 5.41) is 7.96. The molecule has 1 aliphatic carbocycles. The summed E-state index contributed by atoms with van der Waals surface area (Å²) in [6, 6.07) is 0.598. The normalized spacial score (nSPS) is 25.0. The summed E-state index contributed by atoms with van der Waals surface area (Å²) in [4.78, 5) is 0. The molecule has 1 heterocycles. The molecule has 0 aromatic carbocycles. The van der Waals surface area contributed by atoms with E-state index in [2.05, 4.69) is 51.4 Å². The molecule has 21 heavy (non-hydrogen) atoms.